The highest BCUT2D eigenvalue weighted by molar-refractivity contribution is 5.85. The van der Waals surface area contributed by atoms with Crippen molar-refractivity contribution in [1.29, 1.82) is 0 Å². The quantitative estimate of drug-likeness (QED) is 0.901. The minimum atomic E-state index is -0.265. The summed E-state index contributed by atoms with van der Waals surface area (Å²) in [5.41, 5.74) is 0.818. The number of rotatable bonds is 5. The van der Waals surface area contributed by atoms with Crippen LogP contribution in [0, 0.1) is 11.7 Å². The van der Waals surface area contributed by atoms with E-state index in [-0.39, 0.29) is 35.9 Å². The largest absolute Gasteiger partial charge is 0.319 e. The van der Waals surface area contributed by atoms with E-state index >= 15 is 0 Å². The van der Waals surface area contributed by atoms with Gasteiger partial charge in [0.05, 0.1) is 6.04 Å². The normalized spacial score (nSPS) is 22.6. The van der Waals surface area contributed by atoms with Gasteiger partial charge in [0, 0.05) is 6.04 Å². The van der Waals surface area contributed by atoms with E-state index in [1.807, 2.05) is 24.8 Å². The Balaban J connectivity index is 2.38. The Morgan fingerprint density at radius 3 is 2.48 bits per heavy atom. The van der Waals surface area contributed by atoms with Gasteiger partial charge in [0.15, 0.2) is 0 Å². The van der Waals surface area contributed by atoms with Crippen LogP contribution in [0.2, 0.25) is 0 Å². The molecule has 2 atom stereocenters. The predicted octanol–water partition coefficient (Wildman–Crippen LogP) is 3.47. The first kappa shape index (κ1) is 16.0. The molecule has 1 fully saturated rings. The lowest BCUT2D eigenvalue weighted by molar-refractivity contribution is -0.133. The van der Waals surface area contributed by atoms with Crippen LogP contribution >= 0.6 is 0 Å². The lowest BCUT2D eigenvalue weighted by atomic mass is 10.0. The summed E-state index contributed by atoms with van der Waals surface area (Å²) in [6.07, 6.45) is 1.58. The molecule has 1 amide bonds. The maximum atomic E-state index is 13.5. The minimum absolute atomic E-state index is 0.132. The summed E-state index contributed by atoms with van der Waals surface area (Å²) in [6, 6.07) is 6.52. The molecule has 2 unspecified atom stereocenters. The second kappa shape index (κ2) is 6.56. The molecule has 3 nitrogen and oxygen atoms in total. The van der Waals surface area contributed by atoms with Gasteiger partial charge < -0.3 is 4.90 Å². The molecule has 1 saturated heterocycles. The van der Waals surface area contributed by atoms with Crippen molar-refractivity contribution < 1.29 is 9.18 Å². The van der Waals surface area contributed by atoms with E-state index in [2.05, 4.69) is 19.2 Å². The van der Waals surface area contributed by atoms with Crippen molar-refractivity contribution >= 4 is 5.91 Å². The fourth-order valence-electron chi connectivity index (χ4n) is 3.09. The standard InChI is InChI=1S/C17H25FN2O/c1-5-14(6-2)20-16(12-8-7-9-13(18)10-12)19-15(11(3)4)17(20)21/h7-11,14-16,19H,5-6H2,1-4H3. The Hall–Kier alpha value is -1.42. The van der Waals surface area contributed by atoms with Crippen molar-refractivity contribution in [3.05, 3.63) is 35.6 Å². The van der Waals surface area contributed by atoms with Gasteiger partial charge in [-0.25, -0.2) is 4.39 Å². The molecule has 0 spiro atoms. The van der Waals surface area contributed by atoms with Gasteiger partial charge in [0.2, 0.25) is 5.91 Å². The average molecular weight is 292 g/mol. The highest BCUT2D eigenvalue weighted by Gasteiger charge is 2.43. The molecule has 116 valence electrons. The average Bonchev–Trinajstić information content (AvgIpc) is 2.79. The zero-order valence-corrected chi connectivity index (χ0v) is 13.3. The number of carbonyl (C=O) groups excluding carboxylic acids is 1. The maximum absolute atomic E-state index is 13.5. The zero-order chi connectivity index (χ0) is 15.6. The van der Waals surface area contributed by atoms with Gasteiger partial charge in [0.1, 0.15) is 12.0 Å². The summed E-state index contributed by atoms with van der Waals surface area (Å²) < 4.78 is 13.5. The second-order valence-corrected chi connectivity index (χ2v) is 6.06. The molecule has 1 N–H and O–H groups in total. The van der Waals surface area contributed by atoms with E-state index in [0.29, 0.717) is 0 Å². The maximum Gasteiger partial charge on any atom is 0.241 e. The van der Waals surface area contributed by atoms with Crippen LogP contribution in [-0.4, -0.2) is 22.9 Å². The molecule has 1 aliphatic rings. The van der Waals surface area contributed by atoms with E-state index in [4.69, 9.17) is 0 Å². The Bertz CT molecular complexity index is 499. The van der Waals surface area contributed by atoms with E-state index in [1.165, 1.54) is 12.1 Å². The molecule has 0 bridgehead atoms. The number of hydrogen-bond donors (Lipinski definition) is 1. The summed E-state index contributed by atoms with van der Waals surface area (Å²) in [5, 5.41) is 3.39. The molecule has 1 aliphatic heterocycles. The van der Waals surface area contributed by atoms with Crippen LogP contribution in [0.5, 0.6) is 0 Å². The Morgan fingerprint density at radius 2 is 1.95 bits per heavy atom. The van der Waals surface area contributed by atoms with Crippen LogP contribution < -0.4 is 5.32 Å². The molecule has 21 heavy (non-hydrogen) atoms. The van der Waals surface area contributed by atoms with Crippen molar-refractivity contribution in [2.24, 2.45) is 5.92 Å². The Labute approximate surface area is 126 Å². The van der Waals surface area contributed by atoms with Crippen molar-refractivity contribution in [3.8, 4) is 0 Å². The van der Waals surface area contributed by atoms with Gasteiger partial charge in [-0.1, -0.05) is 39.8 Å². The number of amides is 1. The van der Waals surface area contributed by atoms with Crippen molar-refractivity contribution in [1.82, 2.24) is 10.2 Å². The van der Waals surface area contributed by atoms with Gasteiger partial charge in [-0.05, 0) is 36.5 Å². The van der Waals surface area contributed by atoms with E-state index < -0.39 is 0 Å². The number of hydrogen-bond acceptors (Lipinski definition) is 2. The van der Waals surface area contributed by atoms with Gasteiger partial charge >= 0.3 is 0 Å². The van der Waals surface area contributed by atoms with Crippen molar-refractivity contribution in [3.63, 3.8) is 0 Å². The smallest absolute Gasteiger partial charge is 0.241 e. The van der Waals surface area contributed by atoms with Gasteiger partial charge in [-0.2, -0.15) is 0 Å². The van der Waals surface area contributed by atoms with E-state index in [1.54, 1.807) is 6.07 Å². The summed E-state index contributed by atoms with van der Waals surface area (Å²) in [6.45, 7) is 8.25. The van der Waals surface area contributed by atoms with E-state index in [0.717, 1.165) is 18.4 Å². The molecule has 1 aromatic rings. The van der Waals surface area contributed by atoms with Crippen LogP contribution in [0.4, 0.5) is 4.39 Å². The van der Waals surface area contributed by atoms with Gasteiger partial charge in [-0.3, -0.25) is 10.1 Å². The first-order valence-corrected chi connectivity index (χ1v) is 7.83. The third kappa shape index (κ3) is 3.10. The SMILES string of the molecule is CCC(CC)N1C(=O)C(C(C)C)NC1c1cccc(F)c1. The molecule has 1 heterocycles. The monoisotopic (exact) mass is 292 g/mol. The molecule has 4 heteroatoms. The number of carbonyl (C=O) groups is 1. The first-order valence-electron chi connectivity index (χ1n) is 7.83. The van der Waals surface area contributed by atoms with Crippen LogP contribution in [0.3, 0.4) is 0 Å². The second-order valence-electron chi connectivity index (χ2n) is 6.06. The summed E-state index contributed by atoms with van der Waals surface area (Å²) in [5.74, 6) is 0.0834. The molecular formula is C17H25FN2O. The molecular weight excluding hydrogens is 267 g/mol. The zero-order valence-electron chi connectivity index (χ0n) is 13.3. The topological polar surface area (TPSA) is 32.3 Å². The number of nitrogens with one attached hydrogen (secondary N) is 1. The van der Waals surface area contributed by atoms with Crippen LogP contribution in [0.1, 0.15) is 52.3 Å². The summed E-state index contributed by atoms with van der Waals surface area (Å²) in [4.78, 5) is 14.7. The lowest BCUT2D eigenvalue weighted by Crippen LogP contribution is -2.40. The van der Waals surface area contributed by atoms with Crippen molar-refractivity contribution in [2.75, 3.05) is 0 Å². The molecule has 0 saturated carbocycles. The molecule has 2 rings (SSSR count). The number of nitrogens with zero attached hydrogens (tertiary/aromatic N) is 1. The predicted molar refractivity (Wildman–Crippen MR) is 82.1 cm³/mol. The number of benzene rings is 1. The van der Waals surface area contributed by atoms with Crippen molar-refractivity contribution in [2.45, 2.75) is 58.8 Å². The highest BCUT2D eigenvalue weighted by atomic mass is 19.1. The van der Waals surface area contributed by atoms with Crippen LogP contribution in [0.25, 0.3) is 0 Å². The minimum Gasteiger partial charge on any atom is -0.319 e. The first-order chi connectivity index (χ1) is 9.99. The summed E-state index contributed by atoms with van der Waals surface area (Å²) >= 11 is 0. The van der Waals surface area contributed by atoms with E-state index in [9.17, 15) is 9.18 Å². The lowest BCUT2D eigenvalue weighted by Gasteiger charge is -2.32. The number of halogens is 1. The fraction of sp³-hybridized carbons (Fsp3) is 0.588. The Morgan fingerprint density at radius 1 is 1.29 bits per heavy atom. The van der Waals surface area contributed by atoms with Crippen LogP contribution in [0.15, 0.2) is 24.3 Å². The molecule has 1 aromatic carbocycles. The summed E-state index contributed by atoms with van der Waals surface area (Å²) in [7, 11) is 0. The molecule has 0 aliphatic carbocycles. The van der Waals surface area contributed by atoms with Gasteiger partial charge in [0.25, 0.3) is 0 Å². The molecule has 0 aromatic heterocycles. The third-order valence-corrected chi connectivity index (χ3v) is 4.30. The molecule has 0 radical (unpaired) electrons. The van der Waals surface area contributed by atoms with Crippen LogP contribution in [-0.2, 0) is 4.79 Å². The van der Waals surface area contributed by atoms with Gasteiger partial charge in [-0.15, -0.1) is 0 Å². The highest BCUT2D eigenvalue weighted by Crippen LogP contribution is 2.32. The third-order valence-electron chi connectivity index (χ3n) is 4.30. The fourth-order valence-corrected chi connectivity index (χ4v) is 3.09. The Kier molecular flexibility index (Phi) is 4.99.